The first-order valence-corrected chi connectivity index (χ1v) is 4.68. The van der Waals surface area contributed by atoms with Crippen molar-refractivity contribution < 1.29 is 4.79 Å². The van der Waals surface area contributed by atoms with Crippen LogP contribution in [0.25, 0.3) is 0 Å². The Balaban J connectivity index is 2.84. The third-order valence-electron chi connectivity index (χ3n) is 2.65. The Labute approximate surface area is 74.9 Å². The molecule has 1 heteroatoms. The lowest BCUT2D eigenvalue weighted by Gasteiger charge is -2.15. The lowest BCUT2D eigenvalue weighted by atomic mass is 9.88. The molecule has 0 aromatic rings. The van der Waals surface area contributed by atoms with Gasteiger partial charge in [0.15, 0.2) is 0 Å². The van der Waals surface area contributed by atoms with Crippen molar-refractivity contribution in [3.63, 3.8) is 0 Å². The zero-order chi connectivity index (χ0) is 9.35. The molecule has 0 saturated carbocycles. The highest BCUT2D eigenvalue weighted by Crippen LogP contribution is 2.40. The summed E-state index contributed by atoms with van der Waals surface area (Å²) in [4.78, 5) is 11.3. The molecule has 1 aliphatic rings. The van der Waals surface area contributed by atoms with Crippen LogP contribution < -0.4 is 0 Å². The Bertz CT molecular complexity index is 223. The van der Waals surface area contributed by atoms with E-state index in [0.717, 1.165) is 12.8 Å². The molecule has 0 spiro atoms. The molecule has 0 N–H and O–H groups in total. The molecular weight excluding hydrogens is 148 g/mol. The highest BCUT2D eigenvalue weighted by atomic mass is 16.1. The number of hydrogen-bond donors (Lipinski definition) is 0. The molecule has 0 aromatic heterocycles. The van der Waals surface area contributed by atoms with Gasteiger partial charge < -0.3 is 0 Å². The van der Waals surface area contributed by atoms with Gasteiger partial charge in [0.05, 0.1) is 0 Å². The number of hydrogen-bond acceptors (Lipinski definition) is 1. The molecule has 1 atom stereocenters. The van der Waals surface area contributed by atoms with Crippen LogP contribution in [0.4, 0.5) is 0 Å². The lowest BCUT2D eigenvalue weighted by molar-refractivity contribution is -0.120. The summed E-state index contributed by atoms with van der Waals surface area (Å²) in [5.74, 6) is 0.540. The number of Topliss-reactive ketones (excluding diaryl/α,β-unsaturated/α-hetero) is 1. The number of carbonyl (C=O) groups is 1. The maximum atomic E-state index is 11.3. The SMILES string of the molecule is CCC1=CC(C)(C)CC1C(C)=O. The van der Waals surface area contributed by atoms with Crippen molar-refractivity contribution in [2.24, 2.45) is 11.3 Å². The van der Waals surface area contributed by atoms with Crippen molar-refractivity contribution in [2.45, 2.75) is 40.5 Å². The van der Waals surface area contributed by atoms with Gasteiger partial charge in [-0.25, -0.2) is 0 Å². The summed E-state index contributed by atoms with van der Waals surface area (Å²) < 4.78 is 0. The second kappa shape index (κ2) is 3.04. The second-order valence-corrected chi connectivity index (χ2v) is 4.43. The number of rotatable bonds is 2. The second-order valence-electron chi connectivity index (χ2n) is 4.43. The van der Waals surface area contributed by atoms with Gasteiger partial charge in [-0.2, -0.15) is 0 Å². The monoisotopic (exact) mass is 166 g/mol. The molecule has 0 saturated heterocycles. The van der Waals surface area contributed by atoms with E-state index in [1.54, 1.807) is 6.92 Å². The largest absolute Gasteiger partial charge is 0.299 e. The molecule has 0 fully saturated rings. The Hall–Kier alpha value is -0.590. The molecule has 68 valence electrons. The number of carbonyl (C=O) groups excluding carboxylic acids is 1. The summed E-state index contributed by atoms with van der Waals surface area (Å²) in [5.41, 5.74) is 1.58. The van der Waals surface area contributed by atoms with Crippen molar-refractivity contribution in [3.05, 3.63) is 11.6 Å². The standard InChI is InChI=1S/C11H18O/c1-5-9-6-11(3,4)7-10(9)8(2)12/h6,10H,5,7H2,1-4H3. The van der Waals surface area contributed by atoms with Gasteiger partial charge in [0.25, 0.3) is 0 Å². The normalized spacial score (nSPS) is 27.0. The number of allylic oxidation sites excluding steroid dienone is 2. The molecule has 1 aliphatic carbocycles. The van der Waals surface area contributed by atoms with Gasteiger partial charge in [0.1, 0.15) is 5.78 Å². The van der Waals surface area contributed by atoms with Gasteiger partial charge in [-0.1, -0.05) is 32.4 Å². The van der Waals surface area contributed by atoms with E-state index in [-0.39, 0.29) is 11.3 Å². The van der Waals surface area contributed by atoms with Gasteiger partial charge >= 0.3 is 0 Å². The fourth-order valence-corrected chi connectivity index (χ4v) is 2.07. The first-order chi connectivity index (χ1) is 5.46. The van der Waals surface area contributed by atoms with Gasteiger partial charge in [-0.3, -0.25) is 4.79 Å². The molecular formula is C11H18O. The van der Waals surface area contributed by atoms with Crippen molar-refractivity contribution >= 4 is 5.78 Å². The van der Waals surface area contributed by atoms with Crippen LogP contribution in [0.5, 0.6) is 0 Å². The molecule has 0 heterocycles. The van der Waals surface area contributed by atoms with Crippen LogP contribution in [0.3, 0.4) is 0 Å². The van der Waals surface area contributed by atoms with Crippen LogP contribution in [0, 0.1) is 11.3 Å². The summed E-state index contributed by atoms with van der Waals surface area (Å²) in [6, 6.07) is 0. The summed E-state index contributed by atoms with van der Waals surface area (Å²) >= 11 is 0. The molecule has 12 heavy (non-hydrogen) atoms. The predicted octanol–water partition coefficient (Wildman–Crippen LogP) is 2.96. The average Bonchev–Trinajstić information content (AvgIpc) is 2.25. The van der Waals surface area contributed by atoms with Crippen molar-refractivity contribution in [2.75, 3.05) is 0 Å². The Morgan fingerprint density at radius 3 is 2.58 bits per heavy atom. The Morgan fingerprint density at radius 2 is 2.25 bits per heavy atom. The molecule has 0 aromatic carbocycles. The van der Waals surface area contributed by atoms with E-state index in [0.29, 0.717) is 5.78 Å². The van der Waals surface area contributed by atoms with Gasteiger partial charge in [-0.15, -0.1) is 0 Å². The van der Waals surface area contributed by atoms with Crippen molar-refractivity contribution in [1.29, 1.82) is 0 Å². The predicted molar refractivity (Wildman–Crippen MR) is 50.9 cm³/mol. The van der Waals surface area contributed by atoms with Crippen LogP contribution in [0.15, 0.2) is 11.6 Å². The zero-order valence-corrected chi connectivity index (χ0v) is 8.48. The maximum Gasteiger partial charge on any atom is 0.136 e. The number of ketones is 1. The third-order valence-corrected chi connectivity index (χ3v) is 2.65. The van der Waals surface area contributed by atoms with Crippen LogP contribution in [0.2, 0.25) is 0 Å². The van der Waals surface area contributed by atoms with Crippen LogP contribution in [0.1, 0.15) is 40.5 Å². The summed E-state index contributed by atoms with van der Waals surface area (Å²) in [6.07, 6.45) is 4.30. The molecule has 0 radical (unpaired) electrons. The van der Waals surface area contributed by atoms with E-state index in [1.807, 2.05) is 0 Å². The molecule has 0 aliphatic heterocycles. The van der Waals surface area contributed by atoms with E-state index in [1.165, 1.54) is 5.57 Å². The average molecular weight is 166 g/mol. The van der Waals surface area contributed by atoms with Gasteiger partial charge in [-0.05, 0) is 25.2 Å². The maximum absolute atomic E-state index is 11.3. The molecule has 1 rings (SSSR count). The highest BCUT2D eigenvalue weighted by Gasteiger charge is 2.32. The summed E-state index contributed by atoms with van der Waals surface area (Å²) in [7, 11) is 0. The molecule has 1 nitrogen and oxygen atoms in total. The summed E-state index contributed by atoms with van der Waals surface area (Å²) in [5, 5.41) is 0. The van der Waals surface area contributed by atoms with E-state index in [4.69, 9.17) is 0 Å². The highest BCUT2D eigenvalue weighted by molar-refractivity contribution is 5.82. The Morgan fingerprint density at radius 1 is 1.67 bits per heavy atom. The van der Waals surface area contributed by atoms with E-state index in [2.05, 4.69) is 26.8 Å². The molecule has 1 unspecified atom stereocenters. The van der Waals surface area contributed by atoms with Crippen LogP contribution >= 0.6 is 0 Å². The quantitative estimate of drug-likeness (QED) is 0.576. The fourth-order valence-electron chi connectivity index (χ4n) is 2.07. The minimum absolute atomic E-state index is 0.213. The minimum Gasteiger partial charge on any atom is -0.299 e. The van der Waals surface area contributed by atoms with Crippen molar-refractivity contribution in [1.82, 2.24) is 0 Å². The van der Waals surface area contributed by atoms with Crippen LogP contribution in [-0.2, 0) is 4.79 Å². The molecule has 0 amide bonds. The van der Waals surface area contributed by atoms with E-state index >= 15 is 0 Å². The van der Waals surface area contributed by atoms with Gasteiger partial charge in [0, 0.05) is 5.92 Å². The van der Waals surface area contributed by atoms with E-state index in [9.17, 15) is 4.79 Å². The van der Waals surface area contributed by atoms with Gasteiger partial charge in [0.2, 0.25) is 0 Å². The summed E-state index contributed by atoms with van der Waals surface area (Å²) in [6.45, 7) is 8.23. The smallest absolute Gasteiger partial charge is 0.136 e. The topological polar surface area (TPSA) is 17.1 Å². The third kappa shape index (κ3) is 1.77. The Kier molecular flexibility index (Phi) is 2.41. The first-order valence-electron chi connectivity index (χ1n) is 4.68. The van der Waals surface area contributed by atoms with Crippen LogP contribution in [-0.4, -0.2) is 5.78 Å². The molecule has 0 bridgehead atoms. The first kappa shape index (κ1) is 9.50. The minimum atomic E-state index is 0.213. The van der Waals surface area contributed by atoms with E-state index < -0.39 is 0 Å². The fraction of sp³-hybridized carbons (Fsp3) is 0.727. The van der Waals surface area contributed by atoms with Crippen molar-refractivity contribution in [3.8, 4) is 0 Å². The lowest BCUT2D eigenvalue weighted by Crippen LogP contribution is -2.13. The zero-order valence-electron chi connectivity index (χ0n) is 8.48.